The van der Waals surface area contributed by atoms with Crippen LogP contribution in [0.25, 0.3) is 0 Å². The zero-order chi connectivity index (χ0) is 22.0. The Morgan fingerprint density at radius 1 is 1.10 bits per heavy atom. The highest BCUT2D eigenvalue weighted by molar-refractivity contribution is 7.86. The number of aryl methyl sites for hydroxylation is 1. The van der Waals surface area contributed by atoms with E-state index in [0.29, 0.717) is 19.6 Å². The first-order valence-corrected chi connectivity index (χ1v) is 11.8. The van der Waals surface area contributed by atoms with Crippen molar-refractivity contribution in [2.75, 3.05) is 6.61 Å². The molecular weight excluding hydrogens is 418 g/mol. The fourth-order valence-electron chi connectivity index (χ4n) is 4.29. The number of carbonyl (C=O) groups excluding carboxylic acids is 1. The number of fused-ring (bicyclic) bond motifs is 2. The smallest absolute Gasteiger partial charge is 0.297 e. The number of nitrogens with one attached hydrogen (secondary N) is 1. The summed E-state index contributed by atoms with van der Waals surface area (Å²) in [5, 5.41) is 2.85. The maximum atomic E-state index is 13.0. The van der Waals surface area contributed by atoms with Gasteiger partial charge in [-0.15, -0.1) is 0 Å². The molecule has 5 atom stereocenters. The van der Waals surface area contributed by atoms with Gasteiger partial charge in [-0.2, -0.15) is 8.42 Å². The summed E-state index contributed by atoms with van der Waals surface area (Å²) in [6, 6.07) is 15.8. The van der Waals surface area contributed by atoms with Gasteiger partial charge in [0, 0.05) is 12.8 Å². The van der Waals surface area contributed by atoms with Crippen molar-refractivity contribution in [2.24, 2.45) is 5.92 Å². The molecule has 31 heavy (non-hydrogen) atoms. The molecule has 0 radical (unpaired) electrons. The normalized spacial score (nSPS) is 27.7. The first-order valence-electron chi connectivity index (χ1n) is 10.4. The second kappa shape index (κ2) is 9.08. The van der Waals surface area contributed by atoms with E-state index >= 15 is 0 Å². The molecule has 0 spiro atoms. The SMILES string of the molecule is CC(=O)N[C@@H]1C[C@@H]2CO[C@H]([C@@H]2OCc2ccccc2)[C@H]1OS(=O)(=O)c1ccc(C)cc1. The van der Waals surface area contributed by atoms with Crippen LogP contribution in [0, 0.1) is 12.8 Å². The minimum atomic E-state index is -4.05. The second-order valence-corrected chi connectivity index (χ2v) is 9.76. The summed E-state index contributed by atoms with van der Waals surface area (Å²) in [4.78, 5) is 11.8. The van der Waals surface area contributed by atoms with E-state index in [1.165, 1.54) is 19.1 Å². The highest BCUT2D eigenvalue weighted by Crippen LogP contribution is 2.39. The third kappa shape index (κ3) is 4.98. The van der Waals surface area contributed by atoms with Gasteiger partial charge in [-0.25, -0.2) is 0 Å². The summed E-state index contributed by atoms with van der Waals surface area (Å²) in [6.45, 7) is 4.12. The Labute approximate surface area is 182 Å². The van der Waals surface area contributed by atoms with Crippen LogP contribution in [0.1, 0.15) is 24.5 Å². The van der Waals surface area contributed by atoms with Gasteiger partial charge in [-0.05, 0) is 31.0 Å². The molecule has 2 bridgehead atoms. The van der Waals surface area contributed by atoms with Gasteiger partial charge in [-0.1, -0.05) is 48.0 Å². The van der Waals surface area contributed by atoms with E-state index in [-0.39, 0.29) is 22.8 Å². The molecule has 7 nitrogen and oxygen atoms in total. The Morgan fingerprint density at radius 3 is 2.48 bits per heavy atom. The molecule has 2 fully saturated rings. The zero-order valence-corrected chi connectivity index (χ0v) is 18.4. The molecule has 0 aromatic heterocycles. The molecular formula is C23H27NO6S. The van der Waals surface area contributed by atoms with E-state index in [4.69, 9.17) is 13.7 Å². The van der Waals surface area contributed by atoms with Crippen molar-refractivity contribution in [3.63, 3.8) is 0 Å². The van der Waals surface area contributed by atoms with Crippen LogP contribution in [-0.4, -0.2) is 45.3 Å². The summed E-state index contributed by atoms with van der Waals surface area (Å²) in [5.41, 5.74) is 1.97. The van der Waals surface area contributed by atoms with E-state index in [9.17, 15) is 13.2 Å². The van der Waals surface area contributed by atoms with Crippen LogP contribution in [0.15, 0.2) is 59.5 Å². The van der Waals surface area contributed by atoms with E-state index in [2.05, 4.69) is 5.32 Å². The van der Waals surface area contributed by atoms with Gasteiger partial charge in [0.15, 0.2) is 0 Å². The molecule has 1 saturated carbocycles. The average Bonchev–Trinajstić information content (AvgIpc) is 3.04. The Bertz CT molecular complexity index is 1010. The number of amides is 1. The molecule has 1 heterocycles. The van der Waals surface area contributed by atoms with Crippen molar-refractivity contribution < 1.29 is 26.9 Å². The largest absolute Gasteiger partial charge is 0.372 e. The van der Waals surface area contributed by atoms with Gasteiger partial charge < -0.3 is 14.8 Å². The molecule has 1 aliphatic heterocycles. The molecule has 166 valence electrons. The average molecular weight is 446 g/mol. The van der Waals surface area contributed by atoms with Gasteiger partial charge in [0.25, 0.3) is 10.1 Å². The molecule has 1 amide bonds. The van der Waals surface area contributed by atoms with Crippen LogP contribution in [0.4, 0.5) is 0 Å². The predicted octanol–water partition coefficient (Wildman–Crippen LogP) is 2.58. The van der Waals surface area contributed by atoms with Gasteiger partial charge in [0.05, 0.1) is 30.3 Å². The molecule has 2 aromatic rings. The fraction of sp³-hybridized carbons (Fsp3) is 0.435. The maximum absolute atomic E-state index is 13.0. The van der Waals surface area contributed by atoms with Crippen molar-refractivity contribution in [1.82, 2.24) is 5.32 Å². The fourth-order valence-corrected chi connectivity index (χ4v) is 5.41. The molecule has 8 heteroatoms. The van der Waals surface area contributed by atoms with Gasteiger partial charge >= 0.3 is 0 Å². The minimum absolute atomic E-state index is 0.0486. The lowest BCUT2D eigenvalue weighted by Gasteiger charge is -2.39. The van der Waals surface area contributed by atoms with Crippen molar-refractivity contribution in [3.8, 4) is 0 Å². The van der Waals surface area contributed by atoms with Crippen molar-refractivity contribution in [2.45, 2.75) is 56.1 Å². The van der Waals surface area contributed by atoms with Crippen LogP contribution in [0.5, 0.6) is 0 Å². The lowest BCUT2D eigenvalue weighted by Crippen LogP contribution is -2.58. The van der Waals surface area contributed by atoms with Crippen LogP contribution < -0.4 is 5.32 Å². The van der Waals surface area contributed by atoms with Gasteiger partial charge in [-0.3, -0.25) is 8.98 Å². The molecule has 2 aromatic carbocycles. The summed E-state index contributed by atoms with van der Waals surface area (Å²) < 4.78 is 43.7. The predicted molar refractivity (Wildman–Crippen MR) is 114 cm³/mol. The molecule has 2 aliphatic rings. The maximum Gasteiger partial charge on any atom is 0.297 e. The van der Waals surface area contributed by atoms with E-state index < -0.39 is 28.4 Å². The highest BCUT2D eigenvalue weighted by atomic mass is 32.2. The van der Waals surface area contributed by atoms with Gasteiger partial charge in [0.1, 0.15) is 12.2 Å². The van der Waals surface area contributed by atoms with Crippen LogP contribution >= 0.6 is 0 Å². The lowest BCUT2D eigenvalue weighted by atomic mass is 9.82. The topological polar surface area (TPSA) is 90.9 Å². The summed E-state index contributed by atoms with van der Waals surface area (Å²) >= 11 is 0. The molecule has 1 N–H and O–H groups in total. The molecule has 1 aliphatic carbocycles. The van der Waals surface area contributed by atoms with Crippen molar-refractivity contribution in [3.05, 3.63) is 65.7 Å². The van der Waals surface area contributed by atoms with Crippen LogP contribution in [-0.2, 0) is 35.2 Å². The minimum Gasteiger partial charge on any atom is -0.372 e. The molecule has 4 rings (SSSR count). The first-order chi connectivity index (χ1) is 14.8. The van der Waals surface area contributed by atoms with E-state index in [1.807, 2.05) is 37.3 Å². The Hall–Kier alpha value is -2.26. The number of carbonyl (C=O) groups is 1. The number of rotatable bonds is 7. The quantitative estimate of drug-likeness (QED) is 0.659. The Morgan fingerprint density at radius 2 is 1.81 bits per heavy atom. The molecule has 0 unspecified atom stereocenters. The van der Waals surface area contributed by atoms with Gasteiger partial charge in [0.2, 0.25) is 5.91 Å². The Kier molecular flexibility index (Phi) is 6.43. The molecule has 1 saturated heterocycles. The third-order valence-electron chi connectivity index (χ3n) is 5.79. The van der Waals surface area contributed by atoms with Crippen molar-refractivity contribution in [1.29, 1.82) is 0 Å². The first kappa shape index (κ1) is 22.0. The second-order valence-electron chi connectivity index (χ2n) is 8.19. The number of hydrogen-bond acceptors (Lipinski definition) is 6. The van der Waals surface area contributed by atoms with Crippen molar-refractivity contribution >= 4 is 16.0 Å². The van der Waals surface area contributed by atoms with Crippen LogP contribution in [0.2, 0.25) is 0 Å². The summed E-state index contributed by atoms with van der Waals surface area (Å²) in [5.74, 6) is -0.193. The summed E-state index contributed by atoms with van der Waals surface area (Å²) in [6.07, 6.45) is -1.28. The lowest BCUT2D eigenvalue weighted by molar-refractivity contribution is -0.125. The Balaban J connectivity index is 1.55. The third-order valence-corrected chi connectivity index (χ3v) is 7.11. The van der Waals surface area contributed by atoms with Crippen LogP contribution in [0.3, 0.4) is 0 Å². The zero-order valence-electron chi connectivity index (χ0n) is 17.6. The monoisotopic (exact) mass is 445 g/mol. The number of benzene rings is 2. The highest BCUT2D eigenvalue weighted by Gasteiger charge is 2.53. The number of ether oxygens (including phenoxy) is 2. The number of hydrogen-bond donors (Lipinski definition) is 1. The van der Waals surface area contributed by atoms with E-state index in [1.54, 1.807) is 12.1 Å². The van der Waals surface area contributed by atoms with E-state index in [0.717, 1.165) is 11.1 Å². The standard InChI is InChI=1S/C23H27NO6S/c1-15-8-10-19(11-9-15)31(26,27)30-22-20(24-16(2)25)12-18-14-29-23(22)21(18)28-13-17-6-4-3-5-7-17/h3-11,18,20-23H,12-14H2,1-2H3,(H,24,25)/t18-,20-,21-,22+,23-/m1/s1. The summed E-state index contributed by atoms with van der Waals surface area (Å²) in [7, 11) is -4.05.